The van der Waals surface area contributed by atoms with E-state index >= 15 is 0 Å². The van der Waals surface area contributed by atoms with Gasteiger partial charge in [0.25, 0.3) is 0 Å². The molecule has 0 aliphatic carbocycles. The van der Waals surface area contributed by atoms with Crippen LogP contribution in [0.3, 0.4) is 0 Å². The molecule has 0 bridgehead atoms. The van der Waals surface area contributed by atoms with E-state index < -0.39 is 11.7 Å². The molecule has 1 heterocycles. The van der Waals surface area contributed by atoms with Crippen molar-refractivity contribution in [3.8, 4) is 0 Å². The van der Waals surface area contributed by atoms with Crippen LogP contribution in [0.2, 0.25) is 0 Å². The summed E-state index contributed by atoms with van der Waals surface area (Å²) in [7, 11) is 0. The third-order valence-corrected chi connectivity index (χ3v) is 6.10. The highest BCUT2D eigenvalue weighted by atomic mass is 32.2. The van der Waals surface area contributed by atoms with E-state index in [2.05, 4.69) is 5.32 Å². The Kier molecular flexibility index (Phi) is 5.69. The van der Waals surface area contributed by atoms with Gasteiger partial charge in [-0.15, -0.1) is 0 Å². The Hall–Kier alpha value is -0.330. The molecule has 1 N–H and O–H groups in total. The fourth-order valence-corrected chi connectivity index (χ4v) is 5.13. The van der Waals surface area contributed by atoms with Crippen LogP contribution in [0.1, 0.15) is 24.1 Å². The van der Waals surface area contributed by atoms with E-state index in [9.17, 15) is 13.2 Å². The molecule has 6 heteroatoms. The molecule has 1 aromatic rings. The highest BCUT2D eigenvalue weighted by Gasteiger charge is 2.31. The number of halogens is 3. The molecule has 1 aliphatic rings. The SMILES string of the molecule is CCNC(c1ccc(C(F)(F)F)cc1)C1CSCCS1. The van der Waals surface area contributed by atoms with Gasteiger partial charge in [0, 0.05) is 28.6 Å². The number of thioether (sulfide) groups is 2. The maximum Gasteiger partial charge on any atom is 0.416 e. The van der Waals surface area contributed by atoms with Crippen LogP contribution < -0.4 is 5.32 Å². The van der Waals surface area contributed by atoms with Crippen molar-refractivity contribution in [1.29, 1.82) is 0 Å². The molecule has 1 fully saturated rings. The standard InChI is InChI=1S/C14H18F3NS2/c1-2-18-13(12-9-19-7-8-20-12)10-3-5-11(6-4-10)14(15,16)17/h3-6,12-13,18H,2,7-9H2,1H3. The van der Waals surface area contributed by atoms with Crippen molar-refractivity contribution in [2.75, 3.05) is 23.8 Å². The van der Waals surface area contributed by atoms with Crippen molar-refractivity contribution in [2.24, 2.45) is 0 Å². The van der Waals surface area contributed by atoms with Gasteiger partial charge in [-0.25, -0.2) is 0 Å². The summed E-state index contributed by atoms with van der Waals surface area (Å²) in [5.41, 5.74) is 0.363. The van der Waals surface area contributed by atoms with Crippen LogP contribution in [0.4, 0.5) is 13.2 Å². The first-order valence-electron chi connectivity index (χ1n) is 6.62. The van der Waals surface area contributed by atoms with Crippen molar-refractivity contribution in [1.82, 2.24) is 5.32 Å². The van der Waals surface area contributed by atoms with Gasteiger partial charge >= 0.3 is 6.18 Å². The summed E-state index contributed by atoms with van der Waals surface area (Å²) >= 11 is 3.83. The molecule has 0 saturated carbocycles. The second-order valence-corrected chi connectivity index (χ2v) is 7.14. The number of hydrogen-bond acceptors (Lipinski definition) is 3. The van der Waals surface area contributed by atoms with Crippen LogP contribution in [0, 0.1) is 0 Å². The normalized spacial score (nSPS) is 21.7. The molecule has 1 aromatic carbocycles. The summed E-state index contributed by atoms with van der Waals surface area (Å²) in [6, 6.07) is 5.70. The van der Waals surface area contributed by atoms with E-state index in [-0.39, 0.29) is 6.04 Å². The quantitative estimate of drug-likeness (QED) is 0.892. The zero-order valence-corrected chi connectivity index (χ0v) is 12.9. The van der Waals surface area contributed by atoms with Gasteiger partial charge in [-0.05, 0) is 24.2 Å². The van der Waals surface area contributed by atoms with Crippen molar-refractivity contribution < 1.29 is 13.2 Å². The van der Waals surface area contributed by atoms with Gasteiger partial charge in [-0.1, -0.05) is 19.1 Å². The third kappa shape index (κ3) is 4.09. The Morgan fingerprint density at radius 1 is 1.25 bits per heavy atom. The van der Waals surface area contributed by atoms with Crippen LogP contribution in [0.5, 0.6) is 0 Å². The lowest BCUT2D eigenvalue weighted by Crippen LogP contribution is -2.33. The Morgan fingerprint density at radius 2 is 1.95 bits per heavy atom. The van der Waals surface area contributed by atoms with Gasteiger partial charge in [0.2, 0.25) is 0 Å². The molecule has 2 unspecified atom stereocenters. The average Bonchev–Trinajstić information content (AvgIpc) is 2.45. The molecule has 20 heavy (non-hydrogen) atoms. The molecule has 2 rings (SSSR count). The third-order valence-electron chi connectivity index (χ3n) is 3.23. The minimum absolute atomic E-state index is 0.125. The molecule has 1 saturated heterocycles. The predicted octanol–water partition coefficient (Wildman–Crippen LogP) is 4.20. The van der Waals surface area contributed by atoms with Crippen molar-refractivity contribution in [2.45, 2.75) is 24.4 Å². The summed E-state index contributed by atoms with van der Waals surface area (Å²) in [4.78, 5) is 0. The van der Waals surface area contributed by atoms with Crippen LogP contribution >= 0.6 is 23.5 Å². The monoisotopic (exact) mass is 321 g/mol. The number of benzene rings is 1. The summed E-state index contributed by atoms with van der Waals surface area (Å²) in [6.07, 6.45) is -4.26. The minimum atomic E-state index is -4.26. The highest BCUT2D eigenvalue weighted by molar-refractivity contribution is 8.06. The number of hydrogen-bond donors (Lipinski definition) is 1. The Morgan fingerprint density at radius 3 is 2.45 bits per heavy atom. The first-order valence-corrected chi connectivity index (χ1v) is 8.82. The molecule has 1 aliphatic heterocycles. The van der Waals surface area contributed by atoms with Crippen LogP contribution in [-0.4, -0.2) is 29.1 Å². The number of alkyl halides is 3. The predicted molar refractivity (Wildman–Crippen MR) is 81.4 cm³/mol. The topological polar surface area (TPSA) is 12.0 Å². The molecule has 0 aromatic heterocycles. The lowest BCUT2D eigenvalue weighted by atomic mass is 10.0. The molecular formula is C14H18F3NS2. The lowest BCUT2D eigenvalue weighted by molar-refractivity contribution is -0.137. The molecule has 112 valence electrons. The first-order chi connectivity index (χ1) is 9.52. The summed E-state index contributed by atoms with van der Waals surface area (Å²) in [5, 5.41) is 3.83. The Balaban J connectivity index is 2.16. The Labute approximate surface area is 126 Å². The summed E-state index contributed by atoms with van der Waals surface area (Å²) < 4.78 is 37.8. The molecular weight excluding hydrogens is 303 g/mol. The van der Waals surface area contributed by atoms with E-state index in [1.54, 1.807) is 12.1 Å². The number of rotatable bonds is 4. The fraction of sp³-hybridized carbons (Fsp3) is 0.571. The summed E-state index contributed by atoms with van der Waals surface area (Å²) in [6.45, 7) is 2.84. The van der Waals surface area contributed by atoms with E-state index in [1.807, 2.05) is 30.4 Å². The number of nitrogens with one attached hydrogen (secondary N) is 1. The minimum Gasteiger partial charge on any atom is -0.309 e. The molecule has 0 amide bonds. The maximum absolute atomic E-state index is 12.6. The second-order valence-electron chi connectivity index (χ2n) is 4.64. The van der Waals surface area contributed by atoms with E-state index in [0.29, 0.717) is 5.25 Å². The molecule has 2 atom stereocenters. The molecule has 0 radical (unpaired) electrons. The fourth-order valence-electron chi connectivity index (χ4n) is 2.26. The van der Waals surface area contributed by atoms with Gasteiger partial charge < -0.3 is 5.32 Å². The first kappa shape index (κ1) is 16.0. The maximum atomic E-state index is 12.6. The molecule has 0 spiro atoms. The average molecular weight is 321 g/mol. The van der Waals surface area contributed by atoms with Crippen molar-refractivity contribution >= 4 is 23.5 Å². The zero-order valence-electron chi connectivity index (χ0n) is 11.2. The lowest BCUT2D eigenvalue weighted by Gasteiger charge is -2.30. The Bertz CT molecular complexity index is 413. The highest BCUT2D eigenvalue weighted by Crippen LogP contribution is 2.35. The van der Waals surface area contributed by atoms with Gasteiger partial charge in [-0.2, -0.15) is 36.7 Å². The van der Waals surface area contributed by atoms with Crippen LogP contribution in [0.25, 0.3) is 0 Å². The zero-order chi connectivity index (χ0) is 14.6. The van der Waals surface area contributed by atoms with Crippen LogP contribution in [0.15, 0.2) is 24.3 Å². The van der Waals surface area contributed by atoms with Gasteiger partial charge in [0.05, 0.1) is 5.56 Å². The smallest absolute Gasteiger partial charge is 0.309 e. The van der Waals surface area contributed by atoms with E-state index in [1.165, 1.54) is 12.1 Å². The van der Waals surface area contributed by atoms with Gasteiger partial charge in [0.15, 0.2) is 0 Å². The van der Waals surface area contributed by atoms with E-state index in [0.717, 1.165) is 29.4 Å². The van der Waals surface area contributed by atoms with Crippen molar-refractivity contribution in [3.63, 3.8) is 0 Å². The van der Waals surface area contributed by atoms with Crippen molar-refractivity contribution in [3.05, 3.63) is 35.4 Å². The van der Waals surface area contributed by atoms with E-state index in [4.69, 9.17) is 0 Å². The largest absolute Gasteiger partial charge is 0.416 e. The van der Waals surface area contributed by atoms with Crippen LogP contribution in [-0.2, 0) is 6.18 Å². The summed E-state index contributed by atoms with van der Waals surface area (Å²) in [5.74, 6) is 3.31. The second kappa shape index (κ2) is 7.09. The van der Waals surface area contributed by atoms with Gasteiger partial charge in [0.1, 0.15) is 0 Å². The molecule has 1 nitrogen and oxygen atoms in total. The van der Waals surface area contributed by atoms with Gasteiger partial charge in [-0.3, -0.25) is 0 Å².